The number of carbonyl (C=O) groups is 2. The number of hydrogen-bond donors (Lipinski definition) is 0. The zero-order chi connectivity index (χ0) is 33.6. The van der Waals surface area contributed by atoms with E-state index in [-0.39, 0.29) is 23.8 Å². The van der Waals surface area contributed by atoms with Gasteiger partial charge in [0, 0.05) is 35.8 Å². The van der Waals surface area contributed by atoms with Crippen molar-refractivity contribution in [2.45, 2.75) is 154 Å². The van der Waals surface area contributed by atoms with Crippen LogP contribution in [0, 0.1) is 0 Å². The van der Waals surface area contributed by atoms with Crippen LogP contribution in [0.1, 0.15) is 187 Å². The van der Waals surface area contributed by atoms with E-state index in [2.05, 4.69) is 62.4 Å². The van der Waals surface area contributed by atoms with E-state index in [4.69, 9.17) is 9.47 Å². The van der Waals surface area contributed by atoms with Crippen LogP contribution in [0.15, 0.2) is 60.7 Å². The molecule has 258 valence electrons. The van der Waals surface area contributed by atoms with Crippen LogP contribution in [0.25, 0.3) is 0 Å². The maximum absolute atomic E-state index is 13.2. The number of rotatable bonds is 22. The summed E-state index contributed by atoms with van der Waals surface area (Å²) in [7, 11) is 0. The molecule has 3 aliphatic carbocycles. The van der Waals surface area contributed by atoms with Gasteiger partial charge in [0.1, 0.15) is 11.5 Å². The standard InChI is InChI=1S/C44H58O4/c1-3-5-7-9-11-13-15-17-19-29-39(45)47-37-31-32-38(48-40(46)30-20-18-16-14-12-10-8-6-4-2)44-42-35-27-23-21-25-33(35)41(43(37)44)34-26-22-24-28-36(34)42/h21-28,31-32,41-42H,3-20,29-30H2,1-2H3. The molecule has 6 rings (SSSR count). The first-order chi connectivity index (χ1) is 23.6. The molecule has 0 saturated carbocycles. The largest absolute Gasteiger partial charge is 0.426 e. The molecule has 0 atom stereocenters. The third-order valence-electron chi connectivity index (χ3n) is 10.4. The molecule has 0 aromatic heterocycles. The lowest BCUT2D eigenvalue weighted by atomic mass is 9.60. The Hall–Kier alpha value is -3.40. The van der Waals surface area contributed by atoms with E-state index >= 15 is 0 Å². The Morgan fingerprint density at radius 2 is 0.729 bits per heavy atom. The fourth-order valence-corrected chi connectivity index (χ4v) is 7.91. The van der Waals surface area contributed by atoms with Gasteiger partial charge in [-0.05, 0) is 47.2 Å². The van der Waals surface area contributed by atoms with Crippen LogP contribution in [0.2, 0.25) is 0 Å². The lowest BCUT2D eigenvalue weighted by molar-refractivity contribution is -0.135. The van der Waals surface area contributed by atoms with Crippen molar-refractivity contribution in [2.75, 3.05) is 0 Å². The van der Waals surface area contributed by atoms with Crippen molar-refractivity contribution in [3.05, 3.63) is 94.0 Å². The molecule has 48 heavy (non-hydrogen) atoms. The molecule has 3 aromatic rings. The minimum atomic E-state index is -0.182. The van der Waals surface area contributed by atoms with Gasteiger partial charge in [-0.2, -0.15) is 0 Å². The average Bonchev–Trinajstić information content (AvgIpc) is 3.11. The van der Waals surface area contributed by atoms with Gasteiger partial charge in [0.15, 0.2) is 0 Å². The van der Waals surface area contributed by atoms with Crippen LogP contribution < -0.4 is 9.47 Å². The van der Waals surface area contributed by atoms with Crippen LogP contribution in [0.3, 0.4) is 0 Å². The van der Waals surface area contributed by atoms with Crippen molar-refractivity contribution in [1.29, 1.82) is 0 Å². The van der Waals surface area contributed by atoms with Gasteiger partial charge in [0.05, 0.1) is 0 Å². The quantitative estimate of drug-likeness (QED) is 0.0425. The Kier molecular flexibility index (Phi) is 14.2. The minimum Gasteiger partial charge on any atom is -0.426 e. The summed E-state index contributed by atoms with van der Waals surface area (Å²) in [5.74, 6) is 0.677. The molecule has 0 radical (unpaired) electrons. The molecule has 4 nitrogen and oxygen atoms in total. The molecule has 0 saturated heterocycles. The molecule has 3 aliphatic rings. The molecule has 0 amide bonds. The second kappa shape index (κ2) is 19.0. The van der Waals surface area contributed by atoms with Crippen LogP contribution in [-0.2, 0) is 9.59 Å². The highest BCUT2D eigenvalue weighted by atomic mass is 16.5. The summed E-state index contributed by atoms with van der Waals surface area (Å²) >= 11 is 0. The van der Waals surface area contributed by atoms with Crippen LogP contribution in [0.4, 0.5) is 0 Å². The van der Waals surface area contributed by atoms with Crippen LogP contribution in [0.5, 0.6) is 11.5 Å². The molecule has 2 bridgehead atoms. The van der Waals surface area contributed by atoms with Gasteiger partial charge in [0.2, 0.25) is 0 Å². The smallest absolute Gasteiger partial charge is 0.311 e. The zero-order valence-corrected chi connectivity index (χ0v) is 29.7. The molecule has 0 N–H and O–H groups in total. The van der Waals surface area contributed by atoms with Gasteiger partial charge in [0.25, 0.3) is 0 Å². The Balaban J connectivity index is 1.26. The van der Waals surface area contributed by atoms with Gasteiger partial charge in [-0.1, -0.05) is 165 Å². The zero-order valence-electron chi connectivity index (χ0n) is 29.7. The number of ether oxygens (including phenoxy) is 2. The third-order valence-corrected chi connectivity index (χ3v) is 10.4. The topological polar surface area (TPSA) is 52.6 Å². The van der Waals surface area contributed by atoms with E-state index in [1.165, 1.54) is 112 Å². The van der Waals surface area contributed by atoms with Crippen molar-refractivity contribution >= 4 is 11.9 Å². The summed E-state index contributed by atoms with van der Waals surface area (Å²) in [6, 6.07) is 20.9. The fraction of sp³-hybridized carbons (Fsp3) is 0.545. The predicted octanol–water partition coefficient (Wildman–Crippen LogP) is 12.3. The van der Waals surface area contributed by atoms with Gasteiger partial charge >= 0.3 is 11.9 Å². The van der Waals surface area contributed by atoms with E-state index in [1.54, 1.807) is 0 Å². The Bertz CT molecular complexity index is 1320. The van der Waals surface area contributed by atoms with Crippen LogP contribution >= 0.6 is 0 Å². The molecule has 3 aromatic carbocycles. The summed E-state index contributed by atoms with van der Waals surface area (Å²) in [6.07, 6.45) is 22.6. The lowest BCUT2D eigenvalue weighted by Crippen LogP contribution is -2.29. The minimum absolute atomic E-state index is 0.0797. The van der Waals surface area contributed by atoms with Crippen molar-refractivity contribution in [2.24, 2.45) is 0 Å². The summed E-state index contributed by atoms with van der Waals surface area (Å²) < 4.78 is 12.4. The predicted molar refractivity (Wildman–Crippen MR) is 196 cm³/mol. The third kappa shape index (κ3) is 9.18. The van der Waals surface area contributed by atoms with E-state index in [1.807, 2.05) is 12.1 Å². The highest BCUT2D eigenvalue weighted by molar-refractivity contribution is 5.79. The fourth-order valence-electron chi connectivity index (χ4n) is 7.91. The van der Waals surface area contributed by atoms with Gasteiger partial charge in [-0.15, -0.1) is 0 Å². The first-order valence-corrected chi connectivity index (χ1v) is 19.4. The molecule has 0 aliphatic heterocycles. The van der Waals surface area contributed by atoms with E-state index in [9.17, 15) is 9.59 Å². The lowest BCUT2D eigenvalue weighted by Gasteiger charge is -2.43. The van der Waals surface area contributed by atoms with Gasteiger partial charge in [-0.3, -0.25) is 9.59 Å². The van der Waals surface area contributed by atoms with Crippen molar-refractivity contribution in [1.82, 2.24) is 0 Å². The van der Waals surface area contributed by atoms with E-state index < -0.39 is 0 Å². The van der Waals surface area contributed by atoms with Crippen LogP contribution in [-0.4, -0.2) is 11.9 Å². The number of hydrogen-bond acceptors (Lipinski definition) is 4. The summed E-state index contributed by atoms with van der Waals surface area (Å²) in [4.78, 5) is 26.4. The molecular weight excluding hydrogens is 592 g/mol. The molecule has 0 fully saturated rings. The molecular formula is C44H58O4. The van der Waals surface area contributed by atoms with Gasteiger partial charge < -0.3 is 9.47 Å². The number of carbonyl (C=O) groups excluding carboxylic acids is 2. The summed E-state index contributed by atoms with van der Waals surface area (Å²) in [5, 5.41) is 0. The maximum Gasteiger partial charge on any atom is 0.311 e. The first kappa shape index (κ1) is 35.9. The highest BCUT2D eigenvalue weighted by Gasteiger charge is 2.45. The molecule has 0 heterocycles. The normalized spacial score (nSPS) is 15.5. The van der Waals surface area contributed by atoms with Crippen molar-refractivity contribution in [3.8, 4) is 11.5 Å². The Labute approximate surface area is 290 Å². The van der Waals surface area contributed by atoms with Gasteiger partial charge in [-0.25, -0.2) is 0 Å². The summed E-state index contributed by atoms with van der Waals surface area (Å²) in [5.41, 5.74) is 6.91. The highest BCUT2D eigenvalue weighted by Crippen LogP contribution is 2.60. The monoisotopic (exact) mass is 650 g/mol. The maximum atomic E-state index is 13.2. The summed E-state index contributed by atoms with van der Waals surface area (Å²) in [6.45, 7) is 4.50. The second-order valence-electron chi connectivity index (χ2n) is 14.1. The van der Waals surface area contributed by atoms with Crippen molar-refractivity contribution < 1.29 is 19.1 Å². The number of unbranched alkanes of at least 4 members (excludes halogenated alkanes) is 16. The SMILES string of the molecule is CCCCCCCCCCCC(=O)Oc1ccc(OC(=O)CCCCCCCCCCC)c2c1C1c3ccccc3C2c2ccccc21. The molecule has 0 spiro atoms. The van der Waals surface area contributed by atoms with E-state index in [0.717, 1.165) is 36.8 Å². The second-order valence-corrected chi connectivity index (χ2v) is 14.1. The number of esters is 2. The first-order valence-electron chi connectivity index (χ1n) is 19.4. The number of benzene rings is 3. The van der Waals surface area contributed by atoms with Crippen molar-refractivity contribution in [3.63, 3.8) is 0 Å². The molecule has 0 unspecified atom stereocenters. The Morgan fingerprint density at radius 1 is 0.438 bits per heavy atom. The molecule has 4 heteroatoms. The average molecular weight is 651 g/mol. The van der Waals surface area contributed by atoms with E-state index in [0.29, 0.717) is 24.3 Å². The Morgan fingerprint density at radius 3 is 1.04 bits per heavy atom.